The Hall–Kier alpha value is -1.86. The number of ketones is 2. The third-order valence-electron chi connectivity index (χ3n) is 9.38. The zero-order valence-corrected chi connectivity index (χ0v) is 19.7. The van der Waals surface area contributed by atoms with Crippen molar-refractivity contribution in [3.8, 4) is 0 Å². The molecule has 2 N–H and O–H groups in total. The Morgan fingerprint density at radius 3 is 2.64 bits per heavy atom. The molecule has 4 aliphatic carbocycles. The first-order chi connectivity index (χ1) is 15.5. The lowest BCUT2D eigenvalue weighted by atomic mass is 9.44. The first-order valence-corrected chi connectivity index (χ1v) is 12.2. The fourth-order valence-electron chi connectivity index (χ4n) is 7.58. The molecule has 7 atom stereocenters. The first-order valence-electron chi connectivity index (χ1n) is 12.2. The van der Waals surface area contributed by atoms with E-state index in [1.54, 1.807) is 13.0 Å². The number of carbonyl (C=O) groups is 3. The van der Waals surface area contributed by atoms with Gasteiger partial charge >= 0.3 is 5.97 Å². The Labute approximate surface area is 194 Å². The topological polar surface area (TPSA) is 101 Å². The average molecular weight is 463 g/mol. The molecule has 3 fully saturated rings. The van der Waals surface area contributed by atoms with Crippen molar-refractivity contribution in [1.29, 1.82) is 0 Å². The number of Topliss-reactive ketones (excluding diaryl/α,β-unsaturated/α-hetero) is 1. The van der Waals surface area contributed by atoms with Gasteiger partial charge in [-0.05, 0) is 63.5 Å². The van der Waals surface area contributed by atoms with Gasteiger partial charge in [0.05, 0.1) is 6.10 Å². The number of hydrogen-bond acceptors (Lipinski definition) is 6. The van der Waals surface area contributed by atoms with Crippen LogP contribution in [0.4, 0.5) is 4.39 Å². The standard InChI is InChI=1S/C26H35FO6/c1-4-5-6-22(32)33-25(21(31)15-28)12-10-18-19-8-7-16-13-17(29)9-11-23(16,2)26(19,27)20(30)14-24(18,25)3/h9,11,13,18-20,28,30H,4-8,10,12,14-15H2,1-3H3/t18-,19-,20+,23-,24-,25+,26+/m0/s1. The molecular weight excluding hydrogens is 427 g/mol. The van der Waals surface area contributed by atoms with Gasteiger partial charge in [-0.2, -0.15) is 0 Å². The van der Waals surface area contributed by atoms with E-state index in [1.807, 2.05) is 13.8 Å². The Balaban J connectivity index is 1.75. The number of carbonyl (C=O) groups excluding carboxylic acids is 3. The Bertz CT molecular complexity index is 926. The van der Waals surface area contributed by atoms with Gasteiger partial charge < -0.3 is 14.9 Å². The van der Waals surface area contributed by atoms with Crippen LogP contribution in [0.2, 0.25) is 0 Å². The first kappa shape index (κ1) is 24.3. The lowest BCUT2D eigenvalue weighted by molar-refractivity contribution is -0.225. The van der Waals surface area contributed by atoms with Gasteiger partial charge in [0.15, 0.2) is 17.1 Å². The van der Waals surface area contributed by atoms with E-state index < -0.39 is 52.5 Å². The Kier molecular flexibility index (Phi) is 5.97. The molecule has 0 spiro atoms. The number of halogens is 1. The molecule has 0 aliphatic heterocycles. The fraction of sp³-hybridized carbons (Fsp3) is 0.731. The van der Waals surface area contributed by atoms with E-state index in [1.165, 1.54) is 12.2 Å². The monoisotopic (exact) mass is 462 g/mol. The molecule has 0 heterocycles. The summed E-state index contributed by atoms with van der Waals surface area (Å²) >= 11 is 0. The van der Waals surface area contributed by atoms with Crippen molar-refractivity contribution in [3.63, 3.8) is 0 Å². The molecule has 33 heavy (non-hydrogen) atoms. The molecule has 7 heteroatoms. The van der Waals surface area contributed by atoms with E-state index in [4.69, 9.17) is 4.74 Å². The van der Waals surface area contributed by atoms with Crippen LogP contribution in [0, 0.1) is 22.7 Å². The van der Waals surface area contributed by atoms with E-state index in [-0.39, 0.29) is 31.0 Å². The minimum Gasteiger partial charge on any atom is -0.450 e. The van der Waals surface area contributed by atoms with Gasteiger partial charge in [0, 0.05) is 23.2 Å². The maximum Gasteiger partial charge on any atom is 0.306 e. The molecule has 3 saturated carbocycles. The zero-order valence-electron chi connectivity index (χ0n) is 19.7. The highest BCUT2D eigenvalue weighted by molar-refractivity contribution is 6.01. The number of unbranched alkanes of at least 4 members (excludes halogenated alkanes) is 1. The number of aliphatic hydroxyl groups is 2. The number of ether oxygens (including phenoxy) is 1. The summed E-state index contributed by atoms with van der Waals surface area (Å²) in [5, 5.41) is 21.2. The van der Waals surface area contributed by atoms with E-state index in [0.29, 0.717) is 31.3 Å². The highest BCUT2D eigenvalue weighted by Crippen LogP contribution is 2.70. The fourth-order valence-corrected chi connectivity index (χ4v) is 7.58. The van der Waals surface area contributed by atoms with Crippen LogP contribution in [0.1, 0.15) is 72.1 Å². The van der Waals surface area contributed by atoms with Crippen LogP contribution in [0.3, 0.4) is 0 Å². The number of hydrogen-bond donors (Lipinski definition) is 2. The molecule has 182 valence electrons. The third-order valence-corrected chi connectivity index (χ3v) is 9.38. The van der Waals surface area contributed by atoms with E-state index in [9.17, 15) is 24.6 Å². The van der Waals surface area contributed by atoms with Gasteiger partial charge in [0.25, 0.3) is 0 Å². The van der Waals surface area contributed by atoms with Crippen molar-refractivity contribution in [2.75, 3.05) is 6.61 Å². The summed E-state index contributed by atoms with van der Waals surface area (Å²) in [7, 11) is 0. The maximum absolute atomic E-state index is 17.1. The van der Waals surface area contributed by atoms with Crippen LogP contribution in [0.25, 0.3) is 0 Å². The van der Waals surface area contributed by atoms with E-state index in [0.717, 1.165) is 6.42 Å². The highest BCUT2D eigenvalue weighted by Gasteiger charge is 2.75. The quantitative estimate of drug-likeness (QED) is 0.587. The molecule has 0 saturated heterocycles. The number of aliphatic hydroxyl groups excluding tert-OH is 2. The lowest BCUT2D eigenvalue weighted by Crippen LogP contribution is -2.69. The Morgan fingerprint density at radius 1 is 1.24 bits per heavy atom. The summed E-state index contributed by atoms with van der Waals surface area (Å²) < 4.78 is 23.0. The van der Waals surface area contributed by atoms with Gasteiger partial charge in [-0.25, -0.2) is 4.39 Å². The number of alkyl halides is 1. The minimum atomic E-state index is -2.01. The second-order valence-electron chi connectivity index (χ2n) is 10.8. The van der Waals surface area contributed by atoms with Crippen LogP contribution in [-0.4, -0.2) is 51.7 Å². The summed E-state index contributed by atoms with van der Waals surface area (Å²) in [5.41, 5.74) is -5.01. The van der Waals surface area contributed by atoms with Crippen LogP contribution in [-0.2, 0) is 19.1 Å². The molecule has 0 amide bonds. The molecule has 4 aliphatic rings. The molecular formula is C26H35FO6. The van der Waals surface area contributed by atoms with Gasteiger partial charge in [-0.3, -0.25) is 14.4 Å². The summed E-state index contributed by atoms with van der Waals surface area (Å²) in [6, 6.07) is 0. The van der Waals surface area contributed by atoms with E-state index >= 15 is 4.39 Å². The zero-order chi connectivity index (χ0) is 24.2. The van der Waals surface area contributed by atoms with Crippen molar-refractivity contribution >= 4 is 17.5 Å². The van der Waals surface area contributed by atoms with Gasteiger partial charge in [-0.15, -0.1) is 0 Å². The second-order valence-corrected chi connectivity index (χ2v) is 10.8. The second kappa shape index (κ2) is 8.12. The smallest absolute Gasteiger partial charge is 0.306 e. The van der Waals surface area contributed by atoms with Crippen molar-refractivity contribution in [1.82, 2.24) is 0 Å². The largest absolute Gasteiger partial charge is 0.450 e. The molecule has 0 aromatic rings. The SMILES string of the molecule is CCCCC(=O)O[C@@]1(C(=O)CO)CC[C@H]2[C@@H]3CCC4=CC(=O)C=C[C@]4(C)[C@]3(F)[C@H](O)C[C@@]21C. The number of allylic oxidation sites excluding steroid dienone is 4. The summed E-state index contributed by atoms with van der Waals surface area (Å²) in [6.45, 7) is 4.72. The molecule has 0 bridgehead atoms. The number of rotatable bonds is 6. The van der Waals surface area contributed by atoms with Crippen molar-refractivity contribution in [2.45, 2.75) is 89.5 Å². The van der Waals surface area contributed by atoms with Crippen LogP contribution >= 0.6 is 0 Å². The Morgan fingerprint density at radius 2 is 1.97 bits per heavy atom. The summed E-state index contributed by atoms with van der Waals surface area (Å²) in [4.78, 5) is 37.7. The van der Waals surface area contributed by atoms with Crippen molar-refractivity contribution < 1.29 is 33.7 Å². The van der Waals surface area contributed by atoms with Crippen LogP contribution in [0.15, 0.2) is 23.8 Å². The molecule has 0 aromatic heterocycles. The van der Waals surface area contributed by atoms with Gasteiger partial charge in [0.2, 0.25) is 5.78 Å². The molecule has 0 aromatic carbocycles. The normalized spacial score (nSPS) is 43.9. The summed E-state index contributed by atoms with van der Waals surface area (Å²) in [5.74, 6) is -2.14. The number of esters is 1. The molecule has 6 nitrogen and oxygen atoms in total. The van der Waals surface area contributed by atoms with Gasteiger partial charge in [-0.1, -0.05) is 31.9 Å². The maximum atomic E-state index is 17.1. The van der Waals surface area contributed by atoms with Crippen molar-refractivity contribution in [3.05, 3.63) is 23.8 Å². The lowest BCUT2D eigenvalue weighted by Gasteiger charge is -2.62. The molecule has 0 radical (unpaired) electrons. The summed E-state index contributed by atoms with van der Waals surface area (Å²) in [6.07, 6.45) is 6.18. The van der Waals surface area contributed by atoms with E-state index in [2.05, 4.69) is 0 Å². The highest BCUT2D eigenvalue weighted by atomic mass is 19.1. The predicted octanol–water partition coefficient (Wildman–Crippen LogP) is 3.39. The van der Waals surface area contributed by atoms with Gasteiger partial charge in [0.1, 0.15) is 6.61 Å². The predicted molar refractivity (Wildman–Crippen MR) is 119 cm³/mol. The van der Waals surface area contributed by atoms with Crippen LogP contribution in [0.5, 0.6) is 0 Å². The van der Waals surface area contributed by atoms with Crippen molar-refractivity contribution in [2.24, 2.45) is 22.7 Å². The average Bonchev–Trinajstić information content (AvgIpc) is 3.05. The minimum absolute atomic E-state index is 0.0673. The molecule has 0 unspecified atom stereocenters. The number of fused-ring (bicyclic) bond motifs is 5. The molecule has 4 rings (SSSR count). The van der Waals surface area contributed by atoms with Crippen LogP contribution < -0.4 is 0 Å². The third kappa shape index (κ3) is 3.14.